The molecule has 0 bridgehead atoms. The molecule has 0 fully saturated rings. The molecule has 0 unspecified atom stereocenters. The Bertz CT molecular complexity index is 721. The maximum atomic E-state index is 4.34. The smallest absolute Gasteiger partial charge is 0.258 e. The quantitative estimate of drug-likeness (QED) is 0.737. The molecule has 0 aliphatic rings. The van der Waals surface area contributed by atoms with E-state index in [1.807, 2.05) is 0 Å². The van der Waals surface area contributed by atoms with Crippen LogP contribution < -0.4 is 10.6 Å². The Morgan fingerprint density at radius 2 is 2.05 bits per heavy atom. The molecule has 0 radical (unpaired) electrons. The summed E-state index contributed by atoms with van der Waals surface area (Å²) in [5.74, 6) is 1.38. The van der Waals surface area contributed by atoms with Crippen molar-refractivity contribution in [2.75, 3.05) is 17.7 Å². The number of hydrogen-bond donors (Lipinski definition) is 2. The highest BCUT2D eigenvalue weighted by molar-refractivity contribution is 7.11. The van der Waals surface area contributed by atoms with Crippen LogP contribution in [-0.2, 0) is 6.54 Å². The second-order valence-corrected chi connectivity index (χ2v) is 5.61. The van der Waals surface area contributed by atoms with E-state index < -0.39 is 0 Å². The maximum Gasteiger partial charge on any atom is 0.258 e. The van der Waals surface area contributed by atoms with Crippen molar-refractivity contribution in [2.45, 2.75) is 13.5 Å². The lowest BCUT2D eigenvalue weighted by Gasteiger charge is -2.07. The summed E-state index contributed by atoms with van der Waals surface area (Å²) >= 11 is 1.74. The SMILES string of the molecule is CNc1nc(NCc2ccc(C)s2)nc(-n2cncn2)n1. The van der Waals surface area contributed by atoms with Crippen LogP contribution in [0.25, 0.3) is 5.95 Å². The summed E-state index contributed by atoms with van der Waals surface area (Å²) in [6.07, 6.45) is 2.98. The minimum absolute atomic E-state index is 0.414. The van der Waals surface area contributed by atoms with E-state index in [4.69, 9.17) is 0 Å². The van der Waals surface area contributed by atoms with Gasteiger partial charge in [0.2, 0.25) is 11.9 Å². The molecule has 0 aliphatic carbocycles. The third-order valence-electron chi connectivity index (χ3n) is 2.69. The lowest BCUT2D eigenvalue weighted by atomic mass is 10.4. The van der Waals surface area contributed by atoms with Crippen molar-refractivity contribution in [3.63, 3.8) is 0 Å². The summed E-state index contributed by atoms with van der Waals surface area (Å²) in [7, 11) is 1.76. The molecule has 0 aromatic carbocycles. The molecule has 0 spiro atoms. The van der Waals surface area contributed by atoms with Crippen molar-refractivity contribution < 1.29 is 0 Å². The Kier molecular flexibility index (Phi) is 3.73. The second-order valence-electron chi connectivity index (χ2n) is 4.24. The summed E-state index contributed by atoms with van der Waals surface area (Å²) in [5, 5.41) is 10.1. The van der Waals surface area contributed by atoms with Gasteiger partial charge in [-0.1, -0.05) is 0 Å². The van der Waals surface area contributed by atoms with Crippen LogP contribution in [0.5, 0.6) is 0 Å². The van der Waals surface area contributed by atoms with Crippen molar-refractivity contribution >= 4 is 23.2 Å². The van der Waals surface area contributed by atoms with Gasteiger partial charge >= 0.3 is 0 Å². The van der Waals surface area contributed by atoms with Gasteiger partial charge in [0.25, 0.3) is 5.95 Å². The maximum absolute atomic E-state index is 4.34. The molecule has 3 heterocycles. The summed E-state index contributed by atoms with van der Waals surface area (Å²) in [4.78, 5) is 19.3. The van der Waals surface area contributed by atoms with Crippen LogP contribution in [0.1, 0.15) is 9.75 Å². The zero-order valence-corrected chi connectivity index (χ0v) is 12.4. The fourth-order valence-corrected chi connectivity index (χ4v) is 2.55. The largest absolute Gasteiger partial charge is 0.357 e. The average Bonchev–Trinajstić information content (AvgIpc) is 3.16. The first kappa shape index (κ1) is 13.4. The van der Waals surface area contributed by atoms with Gasteiger partial charge in [-0.3, -0.25) is 0 Å². The van der Waals surface area contributed by atoms with E-state index in [9.17, 15) is 0 Å². The molecular formula is C12H14N8S. The molecule has 3 rings (SSSR count). The van der Waals surface area contributed by atoms with Crippen molar-refractivity contribution in [1.82, 2.24) is 29.7 Å². The lowest BCUT2D eigenvalue weighted by Crippen LogP contribution is -2.11. The number of nitrogens with zero attached hydrogens (tertiary/aromatic N) is 6. The second kappa shape index (κ2) is 5.83. The molecule has 3 aromatic heterocycles. The number of rotatable bonds is 5. The van der Waals surface area contributed by atoms with E-state index in [2.05, 4.69) is 54.7 Å². The summed E-state index contributed by atoms with van der Waals surface area (Å²) < 4.78 is 1.49. The fraction of sp³-hybridized carbons (Fsp3) is 0.250. The van der Waals surface area contributed by atoms with Gasteiger partial charge in [0.1, 0.15) is 12.7 Å². The first-order chi connectivity index (χ1) is 10.2. The molecule has 0 aliphatic heterocycles. The van der Waals surface area contributed by atoms with E-state index >= 15 is 0 Å². The van der Waals surface area contributed by atoms with Gasteiger partial charge in [0.15, 0.2) is 0 Å². The minimum atomic E-state index is 0.414. The Hall–Kier alpha value is -2.55. The minimum Gasteiger partial charge on any atom is -0.357 e. The van der Waals surface area contributed by atoms with Crippen LogP contribution in [-0.4, -0.2) is 36.8 Å². The van der Waals surface area contributed by atoms with Crippen LogP contribution in [0.3, 0.4) is 0 Å². The van der Waals surface area contributed by atoms with Crippen molar-refractivity contribution in [2.24, 2.45) is 0 Å². The third-order valence-corrected chi connectivity index (χ3v) is 3.69. The van der Waals surface area contributed by atoms with Crippen LogP contribution in [0, 0.1) is 6.92 Å². The summed E-state index contributed by atoms with van der Waals surface area (Å²) in [6, 6.07) is 4.18. The molecule has 0 saturated heterocycles. The van der Waals surface area contributed by atoms with Gasteiger partial charge in [-0.2, -0.15) is 24.7 Å². The van der Waals surface area contributed by atoms with Crippen LogP contribution in [0.4, 0.5) is 11.9 Å². The lowest BCUT2D eigenvalue weighted by molar-refractivity contribution is 0.795. The number of aromatic nitrogens is 6. The van der Waals surface area contributed by atoms with Gasteiger partial charge in [-0.25, -0.2) is 4.98 Å². The van der Waals surface area contributed by atoms with Gasteiger partial charge in [-0.15, -0.1) is 11.3 Å². The van der Waals surface area contributed by atoms with Gasteiger partial charge in [0.05, 0.1) is 6.54 Å². The third kappa shape index (κ3) is 3.14. The predicted molar refractivity (Wildman–Crippen MR) is 80.7 cm³/mol. The number of nitrogens with one attached hydrogen (secondary N) is 2. The summed E-state index contributed by atoms with van der Waals surface area (Å²) in [6.45, 7) is 2.75. The Labute approximate surface area is 125 Å². The monoisotopic (exact) mass is 302 g/mol. The van der Waals surface area contributed by atoms with Gasteiger partial charge in [0, 0.05) is 16.8 Å². The normalized spacial score (nSPS) is 10.6. The van der Waals surface area contributed by atoms with Gasteiger partial charge in [-0.05, 0) is 19.1 Å². The molecule has 21 heavy (non-hydrogen) atoms. The van der Waals surface area contributed by atoms with E-state index in [0.717, 1.165) is 0 Å². The standard InChI is InChI=1S/C12H14N8S/c1-8-3-4-9(21-8)5-15-11-17-10(13-2)18-12(19-11)20-7-14-6-16-20/h3-4,6-7H,5H2,1-2H3,(H2,13,15,17,18,19). The van der Waals surface area contributed by atoms with Crippen LogP contribution in [0.2, 0.25) is 0 Å². The topological polar surface area (TPSA) is 93.4 Å². The van der Waals surface area contributed by atoms with E-state index in [0.29, 0.717) is 24.4 Å². The molecule has 0 atom stereocenters. The van der Waals surface area contributed by atoms with E-state index in [1.165, 1.54) is 20.8 Å². The molecular weight excluding hydrogens is 288 g/mol. The molecule has 108 valence electrons. The zero-order chi connectivity index (χ0) is 14.7. The molecule has 8 nitrogen and oxygen atoms in total. The Morgan fingerprint density at radius 1 is 1.19 bits per heavy atom. The number of anilines is 2. The predicted octanol–water partition coefficient (Wildman–Crippen LogP) is 1.48. The Morgan fingerprint density at radius 3 is 2.71 bits per heavy atom. The molecule has 2 N–H and O–H groups in total. The molecule has 0 amide bonds. The first-order valence-corrected chi connectivity index (χ1v) is 7.14. The van der Waals surface area contributed by atoms with E-state index in [1.54, 1.807) is 24.7 Å². The van der Waals surface area contributed by atoms with Gasteiger partial charge < -0.3 is 10.6 Å². The van der Waals surface area contributed by atoms with Crippen LogP contribution in [0.15, 0.2) is 24.8 Å². The van der Waals surface area contributed by atoms with Crippen molar-refractivity contribution in [1.29, 1.82) is 0 Å². The Balaban J connectivity index is 1.82. The highest BCUT2D eigenvalue weighted by atomic mass is 32.1. The highest BCUT2D eigenvalue weighted by Gasteiger charge is 2.08. The number of thiophene rings is 1. The molecule has 0 saturated carbocycles. The highest BCUT2D eigenvalue weighted by Crippen LogP contribution is 2.16. The summed E-state index contributed by atoms with van der Waals surface area (Å²) in [5.41, 5.74) is 0. The zero-order valence-electron chi connectivity index (χ0n) is 11.6. The first-order valence-electron chi connectivity index (χ1n) is 6.32. The van der Waals surface area contributed by atoms with Crippen LogP contribution >= 0.6 is 11.3 Å². The molecule has 9 heteroatoms. The van der Waals surface area contributed by atoms with E-state index in [-0.39, 0.29) is 0 Å². The fourth-order valence-electron chi connectivity index (χ4n) is 1.72. The molecule has 3 aromatic rings. The number of aryl methyl sites for hydroxylation is 1. The van der Waals surface area contributed by atoms with Crippen molar-refractivity contribution in [3.8, 4) is 5.95 Å². The number of hydrogen-bond acceptors (Lipinski definition) is 8. The van der Waals surface area contributed by atoms with Crippen molar-refractivity contribution in [3.05, 3.63) is 34.5 Å². The average molecular weight is 302 g/mol.